The number of pyridine rings is 1. The van der Waals surface area contributed by atoms with Crippen LogP contribution in [0.2, 0.25) is 0 Å². The monoisotopic (exact) mass is 279 g/mol. The largest absolute Gasteiger partial charge is 0.389 e. The summed E-state index contributed by atoms with van der Waals surface area (Å²) in [5.74, 6) is 0. The van der Waals surface area contributed by atoms with E-state index in [9.17, 15) is 4.79 Å². The first-order valence-electron chi connectivity index (χ1n) is 5.41. The average Bonchev–Trinajstić information content (AvgIpc) is 2.60. The lowest BCUT2D eigenvalue weighted by Gasteiger charge is -2.05. The second-order valence-electron chi connectivity index (χ2n) is 3.97. The molecular formula is C12H13N3OS2. The molecule has 0 saturated carbocycles. The van der Waals surface area contributed by atoms with E-state index in [-0.39, 0.29) is 10.5 Å². The van der Waals surface area contributed by atoms with Gasteiger partial charge < -0.3 is 10.3 Å². The fourth-order valence-corrected chi connectivity index (χ4v) is 2.69. The van der Waals surface area contributed by atoms with Crippen LogP contribution in [0.3, 0.4) is 0 Å². The molecule has 0 atom stereocenters. The average molecular weight is 279 g/mol. The Labute approximate surface area is 114 Å². The molecule has 0 aliphatic carbocycles. The van der Waals surface area contributed by atoms with Gasteiger partial charge in [-0.1, -0.05) is 12.2 Å². The van der Waals surface area contributed by atoms with Crippen LogP contribution in [0.15, 0.2) is 23.1 Å². The first-order valence-corrected chi connectivity index (χ1v) is 6.63. The Kier molecular flexibility index (Phi) is 3.58. The highest BCUT2D eigenvalue weighted by Gasteiger charge is 2.08. The molecule has 4 nitrogen and oxygen atoms in total. The van der Waals surface area contributed by atoms with Crippen LogP contribution >= 0.6 is 23.6 Å². The van der Waals surface area contributed by atoms with Crippen molar-refractivity contribution in [3.63, 3.8) is 0 Å². The number of nitrogens with two attached hydrogens (primary N) is 1. The Balaban J connectivity index is 2.38. The van der Waals surface area contributed by atoms with Crippen molar-refractivity contribution in [1.29, 1.82) is 0 Å². The molecule has 0 spiro atoms. The van der Waals surface area contributed by atoms with Gasteiger partial charge in [0.25, 0.3) is 5.56 Å². The molecule has 0 radical (unpaired) electrons. The van der Waals surface area contributed by atoms with Crippen LogP contribution in [0.4, 0.5) is 0 Å². The molecule has 6 heteroatoms. The van der Waals surface area contributed by atoms with Gasteiger partial charge in [0, 0.05) is 11.1 Å². The lowest BCUT2D eigenvalue weighted by Crippen LogP contribution is -2.28. The van der Waals surface area contributed by atoms with Gasteiger partial charge in [-0.2, -0.15) is 0 Å². The van der Waals surface area contributed by atoms with E-state index in [1.54, 1.807) is 34.2 Å². The number of nitrogens with zero attached hydrogens (tertiary/aromatic N) is 2. The second-order valence-corrected chi connectivity index (χ2v) is 5.70. The molecule has 0 amide bonds. The quantitative estimate of drug-likeness (QED) is 0.867. The summed E-state index contributed by atoms with van der Waals surface area (Å²) < 4.78 is 1.58. The van der Waals surface area contributed by atoms with Gasteiger partial charge in [0.2, 0.25) is 0 Å². The molecule has 0 saturated heterocycles. The van der Waals surface area contributed by atoms with Gasteiger partial charge in [0.1, 0.15) is 10.00 Å². The van der Waals surface area contributed by atoms with Gasteiger partial charge in [0.05, 0.1) is 17.8 Å². The van der Waals surface area contributed by atoms with Crippen LogP contribution in [0.25, 0.3) is 0 Å². The third kappa shape index (κ3) is 2.49. The molecule has 0 unspecified atom stereocenters. The number of rotatable bonds is 3. The van der Waals surface area contributed by atoms with Crippen molar-refractivity contribution in [2.75, 3.05) is 0 Å². The zero-order chi connectivity index (χ0) is 13.3. The zero-order valence-corrected chi connectivity index (χ0v) is 11.8. The maximum Gasteiger partial charge on any atom is 0.261 e. The van der Waals surface area contributed by atoms with Crippen molar-refractivity contribution in [1.82, 2.24) is 9.55 Å². The van der Waals surface area contributed by atoms with E-state index in [0.29, 0.717) is 12.1 Å². The predicted molar refractivity (Wildman–Crippen MR) is 77.3 cm³/mol. The normalized spacial score (nSPS) is 10.6. The van der Waals surface area contributed by atoms with Gasteiger partial charge in [-0.3, -0.25) is 4.79 Å². The van der Waals surface area contributed by atoms with E-state index in [4.69, 9.17) is 18.0 Å². The minimum absolute atomic E-state index is 0.126. The van der Waals surface area contributed by atoms with Crippen LogP contribution in [0, 0.1) is 13.8 Å². The fourth-order valence-electron chi connectivity index (χ4n) is 1.60. The van der Waals surface area contributed by atoms with Crippen molar-refractivity contribution in [3.05, 3.63) is 49.8 Å². The van der Waals surface area contributed by atoms with E-state index < -0.39 is 0 Å². The molecule has 2 aromatic rings. The van der Waals surface area contributed by atoms with Gasteiger partial charge >= 0.3 is 0 Å². The molecule has 0 bridgehead atoms. The van der Waals surface area contributed by atoms with E-state index in [1.807, 2.05) is 13.8 Å². The molecule has 2 heterocycles. The SMILES string of the molecule is Cc1nc(Cn2cccc(C(N)=S)c2=O)sc1C. The fraction of sp³-hybridized carbons (Fsp3) is 0.250. The predicted octanol–water partition coefficient (Wildman–Crippen LogP) is 1.60. The molecule has 2 N–H and O–H groups in total. The molecule has 2 aromatic heterocycles. The summed E-state index contributed by atoms with van der Waals surface area (Å²) in [7, 11) is 0. The van der Waals surface area contributed by atoms with E-state index in [1.165, 1.54) is 4.88 Å². The molecular weight excluding hydrogens is 266 g/mol. The van der Waals surface area contributed by atoms with Crippen LogP contribution in [-0.2, 0) is 6.54 Å². The summed E-state index contributed by atoms with van der Waals surface area (Å²) in [6.07, 6.45) is 1.72. The zero-order valence-electron chi connectivity index (χ0n) is 10.1. The molecule has 0 fully saturated rings. The molecule has 0 aliphatic rings. The molecule has 0 aliphatic heterocycles. The Morgan fingerprint density at radius 3 is 2.83 bits per heavy atom. The van der Waals surface area contributed by atoms with E-state index >= 15 is 0 Å². The van der Waals surface area contributed by atoms with Crippen LogP contribution in [0.5, 0.6) is 0 Å². The summed E-state index contributed by atoms with van der Waals surface area (Å²) in [6, 6.07) is 3.41. The van der Waals surface area contributed by atoms with Crippen molar-refractivity contribution >= 4 is 28.5 Å². The van der Waals surface area contributed by atoms with Crippen LogP contribution in [0.1, 0.15) is 21.1 Å². The minimum atomic E-state index is -0.171. The number of aryl methyl sites for hydroxylation is 2. The number of thiazole rings is 1. The molecule has 2 rings (SSSR count). The second kappa shape index (κ2) is 4.99. The summed E-state index contributed by atoms with van der Waals surface area (Å²) in [6.45, 7) is 4.43. The third-order valence-corrected chi connectivity index (χ3v) is 3.94. The lowest BCUT2D eigenvalue weighted by atomic mass is 10.3. The topological polar surface area (TPSA) is 60.9 Å². The Bertz CT molecular complexity index is 638. The highest BCUT2D eigenvalue weighted by molar-refractivity contribution is 7.80. The number of aromatic nitrogens is 2. The Morgan fingerprint density at radius 2 is 2.28 bits per heavy atom. The summed E-state index contributed by atoms with van der Waals surface area (Å²) in [5, 5.41) is 0.909. The standard InChI is InChI=1S/C12H13N3OS2/c1-7-8(2)18-10(14-7)6-15-5-3-4-9(11(13)17)12(15)16/h3-5H,6H2,1-2H3,(H2,13,17). The summed E-state index contributed by atoms with van der Waals surface area (Å²) in [5.41, 5.74) is 6.72. The van der Waals surface area contributed by atoms with Gasteiger partial charge in [-0.15, -0.1) is 11.3 Å². The van der Waals surface area contributed by atoms with Crippen LogP contribution in [-0.4, -0.2) is 14.5 Å². The summed E-state index contributed by atoms with van der Waals surface area (Å²) >= 11 is 6.45. The molecule has 18 heavy (non-hydrogen) atoms. The van der Waals surface area contributed by atoms with Gasteiger partial charge in [0.15, 0.2) is 0 Å². The molecule has 0 aromatic carbocycles. The lowest BCUT2D eigenvalue weighted by molar-refractivity contribution is 0.750. The smallest absolute Gasteiger partial charge is 0.261 e. The Hall–Kier alpha value is -1.53. The van der Waals surface area contributed by atoms with E-state index in [2.05, 4.69) is 4.98 Å². The molecule has 94 valence electrons. The van der Waals surface area contributed by atoms with Gasteiger partial charge in [-0.05, 0) is 26.0 Å². The van der Waals surface area contributed by atoms with Crippen molar-refractivity contribution in [3.8, 4) is 0 Å². The van der Waals surface area contributed by atoms with Crippen molar-refractivity contribution < 1.29 is 0 Å². The maximum atomic E-state index is 12.1. The Morgan fingerprint density at radius 1 is 1.56 bits per heavy atom. The highest BCUT2D eigenvalue weighted by Crippen LogP contribution is 2.16. The van der Waals surface area contributed by atoms with Crippen molar-refractivity contribution in [2.24, 2.45) is 5.73 Å². The first kappa shape index (κ1) is 12.9. The van der Waals surface area contributed by atoms with Gasteiger partial charge in [-0.25, -0.2) is 4.98 Å². The highest BCUT2D eigenvalue weighted by atomic mass is 32.1. The maximum absolute atomic E-state index is 12.1. The van der Waals surface area contributed by atoms with E-state index in [0.717, 1.165) is 10.7 Å². The summed E-state index contributed by atoms with van der Waals surface area (Å²) in [4.78, 5) is 17.8. The van der Waals surface area contributed by atoms with Crippen molar-refractivity contribution in [2.45, 2.75) is 20.4 Å². The third-order valence-electron chi connectivity index (χ3n) is 2.66. The minimum Gasteiger partial charge on any atom is -0.389 e. The number of hydrogen-bond acceptors (Lipinski definition) is 4. The first-order chi connectivity index (χ1) is 8.49. The number of thiocarbonyl (C=S) groups is 1. The van der Waals surface area contributed by atoms with Crippen LogP contribution < -0.4 is 11.3 Å². The number of hydrogen-bond donors (Lipinski definition) is 1.